The molecule has 218 valence electrons. The number of hydrogen-bond donors (Lipinski definition) is 4. The third kappa shape index (κ3) is 5.82. The monoisotopic (exact) mass is 589 g/mol. The molecule has 4 rings (SSSR count). The molecule has 0 radical (unpaired) electrons. The van der Waals surface area contributed by atoms with Gasteiger partial charge in [-0.2, -0.15) is 0 Å². The number of phenols is 1. The minimum Gasteiger partial charge on any atom is -0.508 e. The fourth-order valence-electron chi connectivity index (χ4n) is 4.56. The standard InChI is InChI=1S/C25H27N5O10S/c1-3-28-8-9-29(22(36)21(28)35)25(39)27-16(13-4-6-15(32)7-5-13)19(33)26-17-20(34)30-18(24(37)38)14(10-40-12(2)31)11-41-23(17)30/h4-7,16-17,23,32H,3,8-11H2,1-2H3,(H,26,33)(H,27,39)(H,37,38)/t16-,17-,23-/m1/s1. The number of thioether (sulfide) groups is 1. The zero-order valence-corrected chi connectivity index (χ0v) is 22.8. The van der Waals surface area contributed by atoms with E-state index in [9.17, 15) is 43.8 Å². The van der Waals surface area contributed by atoms with Crippen LogP contribution in [0.15, 0.2) is 35.5 Å². The fraction of sp³-hybridized carbons (Fsp3) is 0.400. The van der Waals surface area contributed by atoms with Gasteiger partial charge in [0.25, 0.3) is 5.91 Å². The lowest BCUT2D eigenvalue weighted by atomic mass is 10.0. The number of imide groups is 1. The Labute approximate surface area is 237 Å². The molecule has 1 aromatic rings. The van der Waals surface area contributed by atoms with Crippen LogP contribution in [0.2, 0.25) is 0 Å². The first-order valence-electron chi connectivity index (χ1n) is 12.5. The van der Waals surface area contributed by atoms with E-state index in [4.69, 9.17) is 4.74 Å². The molecule has 3 atom stereocenters. The second-order valence-electron chi connectivity index (χ2n) is 9.25. The van der Waals surface area contributed by atoms with Crippen molar-refractivity contribution in [1.29, 1.82) is 0 Å². The third-order valence-electron chi connectivity index (χ3n) is 6.69. The van der Waals surface area contributed by atoms with Gasteiger partial charge in [0.2, 0.25) is 5.91 Å². The summed E-state index contributed by atoms with van der Waals surface area (Å²) in [7, 11) is 0. The molecular formula is C25H27N5O10S. The molecule has 3 aliphatic rings. The van der Waals surface area contributed by atoms with Crippen LogP contribution in [0.3, 0.4) is 0 Å². The summed E-state index contributed by atoms with van der Waals surface area (Å²) in [5.74, 6) is -5.49. The Bertz CT molecular complexity index is 1350. The lowest BCUT2D eigenvalue weighted by Gasteiger charge is -2.49. The quantitative estimate of drug-likeness (QED) is 0.167. The summed E-state index contributed by atoms with van der Waals surface area (Å²) < 4.78 is 4.91. The molecule has 2 fully saturated rings. The van der Waals surface area contributed by atoms with Gasteiger partial charge in [-0.05, 0) is 24.6 Å². The van der Waals surface area contributed by atoms with Gasteiger partial charge in [-0.1, -0.05) is 12.1 Å². The molecule has 0 aliphatic carbocycles. The summed E-state index contributed by atoms with van der Waals surface area (Å²) in [5, 5.41) is 23.6. The molecule has 4 N–H and O–H groups in total. The fourth-order valence-corrected chi connectivity index (χ4v) is 5.89. The van der Waals surface area contributed by atoms with Crippen LogP contribution in [0.25, 0.3) is 0 Å². The van der Waals surface area contributed by atoms with Gasteiger partial charge in [-0.15, -0.1) is 11.8 Å². The molecule has 0 bridgehead atoms. The first-order chi connectivity index (χ1) is 19.4. The molecule has 0 saturated carbocycles. The molecule has 0 unspecified atom stereocenters. The molecule has 2 saturated heterocycles. The number of urea groups is 1. The third-order valence-corrected chi connectivity index (χ3v) is 8.03. The van der Waals surface area contributed by atoms with Gasteiger partial charge in [-0.25, -0.2) is 9.59 Å². The first kappa shape index (κ1) is 29.4. The molecule has 0 spiro atoms. The Kier molecular flexibility index (Phi) is 8.51. The molecule has 3 aliphatic heterocycles. The number of carbonyl (C=O) groups excluding carboxylic acids is 6. The van der Waals surface area contributed by atoms with Crippen molar-refractivity contribution >= 4 is 53.4 Å². The predicted molar refractivity (Wildman–Crippen MR) is 140 cm³/mol. The largest absolute Gasteiger partial charge is 0.508 e. The number of fused-ring (bicyclic) bond motifs is 1. The summed E-state index contributed by atoms with van der Waals surface area (Å²) in [6.45, 7) is 2.86. The number of hydrogen-bond acceptors (Lipinski definition) is 10. The first-order valence-corrected chi connectivity index (χ1v) is 13.5. The lowest BCUT2D eigenvalue weighted by Crippen LogP contribution is -2.71. The highest BCUT2D eigenvalue weighted by Gasteiger charge is 2.54. The number of amides is 6. The molecule has 15 nitrogen and oxygen atoms in total. The summed E-state index contributed by atoms with van der Waals surface area (Å²) in [5.41, 5.74) is 0.0984. The number of carboxylic acid groups (broad SMARTS) is 1. The van der Waals surface area contributed by atoms with Gasteiger partial charge < -0.3 is 30.5 Å². The zero-order valence-electron chi connectivity index (χ0n) is 22.0. The Morgan fingerprint density at radius 1 is 1.10 bits per heavy atom. The highest BCUT2D eigenvalue weighted by Crippen LogP contribution is 2.40. The van der Waals surface area contributed by atoms with Gasteiger partial charge in [0.1, 0.15) is 35.5 Å². The number of carboxylic acids is 1. The van der Waals surface area contributed by atoms with E-state index >= 15 is 0 Å². The summed E-state index contributed by atoms with van der Waals surface area (Å²) in [6.07, 6.45) is 0. The van der Waals surface area contributed by atoms with Crippen molar-refractivity contribution < 1.29 is 48.5 Å². The maximum absolute atomic E-state index is 13.4. The van der Waals surface area contributed by atoms with E-state index in [1.807, 2.05) is 0 Å². The topological polar surface area (TPSA) is 203 Å². The average Bonchev–Trinajstić information content (AvgIpc) is 2.94. The van der Waals surface area contributed by atoms with Crippen LogP contribution in [-0.4, -0.2) is 110 Å². The van der Waals surface area contributed by atoms with Crippen LogP contribution in [-0.2, 0) is 33.5 Å². The van der Waals surface area contributed by atoms with E-state index in [0.717, 1.165) is 16.7 Å². The zero-order chi connectivity index (χ0) is 30.0. The van der Waals surface area contributed by atoms with Crippen LogP contribution in [0, 0.1) is 0 Å². The number of phenolic OH excluding ortho intramolecular Hbond substituents is 1. The van der Waals surface area contributed by atoms with Crippen LogP contribution in [0.1, 0.15) is 25.5 Å². The van der Waals surface area contributed by atoms with Gasteiger partial charge in [-0.3, -0.25) is 33.8 Å². The molecule has 16 heteroatoms. The second kappa shape index (κ2) is 11.9. The highest BCUT2D eigenvalue weighted by molar-refractivity contribution is 8.00. The van der Waals surface area contributed by atoms with Crippen molar-refractivity contribution in [3.8, 4) is 5.75 Å². The van der Waals surface area contributed by atoms with Gasteiger partial charge >= 0.3 is 29.8 Å². The SMILES string of the molecule is CCN1CCN(C(=O)N[C@@H](C(=O)N[C@@H]2C(=O)N3C(C(=O)O)=C(COC(C)=O)CS[C@H]23)c2ccc(O)cc2)C(=O)C1=O. The minimum atomic E-state index is -1.44. The molecule has 41 heavy (non-hydrogen) atoms. The van der Waals surface area contributed by atoms with Gasteiger partial charge in [0.05, 0.1) is 0 Å². The number of β-lactam (4-membered cyclic amide) rings is 1. The number of benzene rings is 1. The summed E-state index contributed by atoms with van der Waals surface area (Å²) in [4.78, 5) is 90.4. The number of likely N-dealkylation sites (N-methyl/N-ethyl adjacent to an activating group) is 1. The van der Waals surface area contributed by atoms with Crippen molar-refractivity contribution in [2.45, 2.75) is 31.3 Å². The summed E-state index contributed by atoms with van der Waals surface area (Å²) in [6, 6.07) is 1.67. The van der Waals surface area contributed by atoms with E-state index in [0.29, 0.717) is 4.90 Å². The molecule has 6 amide bonds. The number of piperazine rings is 1. The molecular weight excluding hydrogens is 562 g/mol. The number of aliphatic carboxylic acids is 1. The van der Waals surface area contributed by atoms with E-state index in [-0.39, 0.29) is 54.6 Å². The lowest BCUT2D eigenvalue weighted by molar-refractivity contribution is -0.153. The number of rotatable bonds is 8. The van der Waals surface area contributed by atoms with E-state index < -0.39 is 59.1 Å². The number of carbonyl (C=O) groups is 7. The van der Waals surface area contributed by atoms with Crippen molar-refractivity contribution in [3.05, 3.63) is 41.1 Å². The Hall–Kier alpha value is -4.60. The van der Waals surface area contributed by atoms with Gasteiger partial charge in [0, 0.05) is 37.9 Å². The number of ether oxygens (including phenoxy) is 1. The molecule has 3 heterocycles. The van der Waals surface area contributed by atoms with E-state index in [1.165, 1.54) is 36.1 Å². The number of nitrogens with one attached hydrogen (secondary N) is 2. The maximum Gasteiger partial charge on any atom is 0.352 e. The molecule has 0 aromatic heterocycles. The predicted octanol–water partition coefficient (Wildman–Crippen LogP) is -0.865. The van der Waals surface area contributed by atoms with Crippen molar-refractivity contribution in [2.24, 2.45) is 0 Å². The van der Waals surface area contributed by atoms with Crippen molar-refractivity contribution in [2.75, 3.05) is 32.0 Å². The van der Waals surface area contributed by atoms with Gasteiger partial charge in [0.15, 0.2) is 0 Å². The van der Waals surface area contributed by atoms with Crippen LogP contribution in [0.4, 0.5) is 4.79 Å². The Morgan fingerprint density at radius 2 is 1.78 bits per heavy atom. The Balaban J connectivity index is 1.52. The smallest absolute Gasteiger partial charge is 0.352 e. The average molecular weight is 590 g/mol. The van der Waals surface area contributed by atoms with Crippen molar-refractivity contribution in [1.82, 2.24) is 25.3 Å². The van der Waals surface area contributed by atoms with Crippen LogP contribution >= 0.6 is 11.8 Å². The van der Waals surface area contributed by atoms with E-state index in [1.54, 1.807) is 6.92 Å². The normalized spacial score (nSPS) is 21.1. The minimum absolute atomic E-state index is 0.0943. The second-order valence-corrected chi connectivity index (χ2v) is 10.4. The number of esters is 1. The summed E-state index contributed by atoms with van der Waals surface area (Å²) >= 11 is 1.16. The highest BCUT2D eigenvalue weighted by atomic mass is 32.2. The van der Waals surface area contributed by atoms with Crippen LogP contribution in [0.5, 0.6) is 5.75 Å². The Morgan fingerprint density at radius 3 is 2.39 bits per heavy atom. The number of nitrogens with zero attached hydrogens (tertiary/aromatic N) is 3. The maximum atomic E-state index is 13.4. The van der Waals surface area contributed by atoms with Crippen molar-refractivity contribution in [3.63, 3.8) is 0 Å². The number of aromatic hydroxyl groups is 1. The van der Waals surface area contributed by atoms with E-state index in [2.05, 4.69) is 10.6 Å². The van der Waals surface area contributed by atoms with Crippen LogP contribution < -0.4 is 10.6 Å². The molecule has 1 aromatic carbocycles.